The lowest BCUT2D eigenvalue weighted by Gasteiger charge is -2.10. The van der Waals surface area contributed by atoms with E-state index in [1.54, 1.807) is 33.3 Å². The van der Waals surface area contributed by atoms with Crippen LogP contribution in [0.25, 0.3) is 11.0 Å². The van der Waals surface area contributed by atoms with Gasteiger partial charge in [0, 0.05) is 17.4 Å². The molecule has 7 nitrogen and oxygen atoms in total. The number of benzene rings is 2. The highest BCUT2D eigenvalue weighted by molar-refractivity contribution is 5.99. The van der Waals surface area contributed by atoms with Crippen LogP contribution in [0.5, 0.6) is 11.5 Å². The Hall–Kier alpha value is -3.48. The molecule has 3 aromatic rings. The third kappa shape index (κ3) is 4.09. The maximum absolute atomic E-state index is 12.3. The van der Waals surface area contributed by atoms with Gasteiger partial charge < -0.3 is 13.9 Å². The highest BCUT2D eigenvalue weighted by Crippen LogP contribution is 2.28. The molecule has 0 aliphatic carbocycles. The summed E-state index contributed by atoms with van der Waals surface area (Å²) in [6.07, 6.45) is 0.695. The zero-order valence-corrected chi connectivity index (χ0v) is 16.0. The van der Waals surface area contributed by atoms with Crippen molar-refractivity contribution in [1.82, 2.24) is 10.9 Å². The number of carbonyl (C=O) groups is 2. The zero-order valence-electron chi connectivity index (χ0n) is 16.0. The number of methoxy groups -OCH3 is 2. The van der Waals surface area contributed by atoms with Crippen LogP contribution in [0.15, 0.2) is 46.9 Å². The van der Waals surface area contributed by atoms with E-state index in [2.05, 4.69) is 10.9 Å². The minimum Gasteiger partial charge on any atom is -0.493 e. The molecule has 2 amide bonds. The normalized spacial score (nSPS) is 10.5. The molecule has 0 radical (unpaired) electrons. The van der Waals surface area contributed by atoms with Crippen molar-refractivity contribution in [3.8, 4) is 11.5 Å². The van der Waals surface area contributed by atoms with Crippen LogP contribution in [0.2, 0.25) is 0 Å². The van der Waals surface area contributed by atoms with Crippen molar-refractivity contribution >= 4 is 22.8 Å². The van der Waals surface area contributed by atoms with Crippen molar-refractivity contribution in [3.63, 3.8) is 0 Å². The fourth-order valence-corrected chi connectivity index (χ4v) is 2.93. The van der Waals surface area contributed by atoms with Gasteiger partial charge in [-0.25, -0.2) is 0 Å². The van der Waals surface area contributed by atoms with Gasteiger partial charge in [-0.3, -0.25) is 20.4 Å². The number of fused-ring (bicyclic) bond motifs is 1. The van der Waals surface area contributed by atoms with Gasteiger partial charge in [0.1, 0.15) is 5.58 Å². The van der Waals surface area contributed by atoms with E-state index in [-0.39, 0.29) is 18.1 Å². The lowest BCUT2D eigenvalue weighted by Crippen LogP contribution is -2.41. The first-order valence-electron chi connectivity index (χ1n) is 8.81. The number of hydrogen-bond acceptors (Lipinski definition) is 5. The minimum absolute atomic E-state index is 0.182. The van der Waals surface area contributed by atoms with Gasteiger partial charge in [-0.2, -0.15) is 0 Å². The van der Waals surface area contributed by atoms with Gasteiger partial charge >= 0.3 is 5.91 Å². The highest BCUT2D eigenvalue weighted by Gasteiger charge is 2.17. The molecule has 0 bridgehead atoms. The summed E-state index contributed by atoms with van der Waals surface area (Å²) in [6, 6.07) is 12.9. The molecule has 146 valence electrons. The summed E-state index contributed by atoms with van der Waals surface area (Å²) in [5.41, 5.74) is 7.10. The Morgan fingerprint density at radius 2 is 1.75 bits per heavy atom. The van der Waals surface area contributed by atoms with Crippen molar-refractivity contribution in [2.24, 2.45) is 0 Å². The van der Waals surface area contributed by atoms with Gasteiger partial charge in [-0.1, -0.05) is 24.3 Å². The molecular formula is C21H22N2O5. The van der Waals surface area contributed by atoms with Crippen LogP contribution in [0, 0.1) is 6.92 Å². The topological polar surface area (TPSA) is 89.8 Å². The van der Waals surface area contributed by atoms with E-state index in [4.69, 9.17) is 13.9 Å². The molecule has 0 fully saturated rings. The number of ether oxygens (including phenoxy) is 2. The van der Waals surface area contributed by atoms with Gasteiger partial charge in [-0.15, -0.1) is 0 Å². The summed E-state index contributed by atoms with van der Waals surface area (Å²) in [4.78, 5) is 24.4. The van der Waals surface area contributed by atoms with Gasteiger partial charge in [0.15, 0.2) is 17.3 Å². The molecule has 3 rings (SSSR count). The van der Waals surface area contributed by atoms with Gasteiger partial charge in [0.05, 0.1) is 14.2 Å². The maximum Gasteiger partial charge on any atom is 0.305 e. The first kappa shape index (κ1) is 19.3. The number of hydrogen-bond donors (Lipinski definition) is 2. The Balaban J connectivity index is 1.55. The van der Waals surface area contributed by atoms with Crippen LogP contribution in [0.1, 0.15) is 28.1 Å². The first-order chi connectivity index (χ1) is 13.5. The number of carbonyl (C=O) groups excluding carboxylic acids is 2. The molecule has 7 heteroatoms. The minimum atomic E-state index is -0.492. The van der Waals surface area contributed by atoms with Crippen LogP contribution >= 0.6 is 0 Å². The number of hydrazine groups is 1. The van der Waals surface area contributed by atoms with E-state index in [1.165, 1.54) is 0 Å². The number of aryl methyl sites for hydroxylation is 2. The van der Waals surface area contributed by atoms with Crippen molar-refractivity contribution < 1.29 is 23.5 Å². The zero-order chi connectivity index (χ0) is 20.1. The second-order valence-electron chi connectivity index (χ2n) is 6.24. The monoisotopic (exact) mass is 382 g/mol. The molecule has 0 aliphatic heterocycles. The summed E-state index contributed by atoms with van der Waals surface area (Å²) >= 11 is 0. The maximum atomic E-state index is 12.3. The molecule has 0 spiro atoms. The number of amides is 2. The van der Waals surface area contributed by atoms with Crippen LogP contribution < -0.4 is 20.3 Å². The predicted molar refractivity (Wildman–Crippen MR) is 104 cm³/mol. The fourth-order valence-electron chi connectivity index (χ4n) is 2.93. The summed E-state index contributed by atoms with van der Waals surface area (Å²) in [5, 5.41) is 0.868. The summed E-state index contributed by atoms with van der Waals surface area (Å²) < 4.78 is 16.0. The van der Waals surface area contributed by atoms with Crippen LogP contribution in [0.4, 0.5) is 0 Å². The average molecular weight is 382 g/mol. The number of nitrogens with one attached hydrogen (secondary N) is 2. The van der Waals surface area contributed by atoms with Gasteiger partial charge in [0.2, 0.25) is 5.91 Å². The lowest BCUT2D eigenvalue weighted by molar-refractivity contribution is -0.121. The number of para-hydroxylation sites is 1. The Labute approximate surface area is 162 Å². The molecule has 28 heavy (non-hydrogen) atoms. The van der Waals surface area contributed by atoms with Crippen molar-refractivity contribution in [2.45, 2.75) is 19.8 Å². The second-order valence-corrected chi connectivity index (χ2v) is 6.24. The van der Waals surface area contributed by atoms with E-state index in [0.717, 1.165) is 16.5 Å². The average Bonchev–Trinajstić information content (AvgIpc) is 3.07. The molecule has 0 unspecified atom stereocenters. The predicted octanol–water partition coefficient (Wildman–Crippen LogP) is 3.15. The molecule has 0 aliphatic rings. The van der Waals surface area contributed by atoms with Crippen LogP contribution in [0.3, 0.4) is 0 Å². The third-order valence-corrected chi connectivity index (χ3v) is 4.45. The Bertz CT molecular complexity index is 1010. The van der Waals surface area contributed by atoms with Crippen molar-refractivity contribution in [3.05, 3.63) is 59.4 Å². The highest BCUT2D eigenvalue weighted by atomic mass is 16.5. The van der Waals surface area contributed by atoms with E-state index in [0.29, 0.717) is 23.5 Å². The molecule has 0 saturated carbocycles. The molecule has 2 aromatic carbocycles. The summed E-state index contributed by atoms with van der Waals surface area (Å²) in [5.74, 6) is 0.615. The van der Waals surface area contributed by atoms with E-state index in [9.17, 15) is 9.59 Å². The lowest BCUT2D eigenvalue weighted by atomic mass is 10.1. The van der Waals surface area contributed by atoms with E-state index in [1.807, 2.05) is 30.3 Å². The first-order valence-corrected chi connectivity index (χ1v) is 8.81. The van der Waals surface area contributed by atoms with Crippen LogP contribution in [-0.2, 0) is 11.2 Å². The SMILES string of the molecule is COc1ccc(CCC(=O)NNC(=O)c2oc3ccccc3c2C)cc1OC. The standard InChI is InChI=1S/C21H22N2O5/c1-13-15-6-4-5-7-16(15)28-20(13)21(25)23-22-19(24)11-9-14-8-10-17(26-2)18(12-14)27-3/h4-8,10,12H,9,11H2,1-3H3,(H,22,24)(H,23,25). The quantitative estimate of drug-likeness (QED) is 0.639. The largest absolute Gasteiger partial charge is 0.493 e. The number of rotatable bonds is 6. The smallest absolute Gasteiger partial charge is 0.305 e. The van der Waals surface area contributed by atoms with Gasteiger partial charge in [-0.05, 0) is 37.1 Å². The molecule has 2 N–H and O–H groups in total. The molecule has 0 saturated heterocycles. The number of furan rings is 1. The molecular weight excluding hydrogens is 360 g/mol. The summed E-state index contributed by atoms with van der Waals surface area (Å²) in [7, 11) is 3.13. The Kier molecular flexibility index (Phi) is 5.84. The molecule has 1 aromatic heterocycles. The fraction of sp³-hybridized carbons (Fsp3) is 0.238. The Morgan fingerprint density at radius 1 is 1.00 bits per heavy atom. The second kappa shape index (κ2) is 8.47. The Morgan fingerprint density at radius 3 is 2.46 bits per heavy atom. The third-order valence-electron chi connectivity index (χ3n) is 4.45. The van der Waals surface area contributed by atoms with Crippen molar-refractivity contribution in [1.29, 1.82) is 0 Å². The van der Waals surface area contributed by atoms with E-state index < -0.39 is 5.91 Å². The van der Waals surface area contributed by atoms with Crippen LogP contribution in [-0.4, -0.2) is 26.0 Å². The van der Waals surface area contributed by atoms with E-state index >= 15 is 0 Å². The summed E-state index contributed by atoms with van der Waals surface area (Å²) in [6.45, 7) is 1.81. The van der Waals surface area contributed by atoms with Crippen molar-refractivity contribution in [2.75, 3.05) is 14.2 Å². The molecule has 0 atom stereocenters. The van der Waals surface area contributed by atoms with Gasteiger partial charge in [0.25, 0.3) is 0 Å². The molecule has 1 heterocycles.